The molecule has 0 bridgehead atoms. The van der Waals surface area contributed by atoms with E-state index in [1.54, 1.807) is 6.92 Å². The number of hydrogen-bond donors (Lipinski definition) is 1. The summed E-state index contributed by atoms with van der Waals surface area (Å²) in [5.74, 6) is -0.755. The third-order valence-electron chi connectivity index (χ3n) is 3.89. The lowest BCUT2D eigenvalue weighted by atomic mass is 10.1. The van der Waals surface area contributed by atoms with Gasteiger partial charge in [0, 0.05) is 19.7 Å². The molecule has 2 rings (SSSR count). The van der Waals surface area contributed by atoms with Gasteiger partial charge in [-0.05, 0) is 31.7 Å². The molecule has 1 heterocycles. The monoisotopic (exact) mass is 277 g/mol. The second kappa shape index (κ2) is 7.41. The van der Waals surface area contributed by atoms with Crippen LogP contribution in [-0.4, -0.2) is 47.8 Å². The van der Waals surface area contributed by atoms with Crippen LogP contribution in [0.3, 0.4) is 0 Å². The molecule has 0 unspecified atom stereocenters. The first-order valence-corrected chi connectivity index (χ1v) is 7.29. The van der Waals surface area contributed by atoms with Gasteiger partial charge in [-0.2, -0.15) is 0 Å². The summed E-state index contributed by atoms with van der Waals surface area (Å²) in [6, 6.07) is 9.98. The van der Waals surface area contributed by atoms with Crippen LogP contribution in [0.25, 0.3) is 0 Å². The van der Waals surface area contributed by atoms with E-state index in [9.17, 15) is 4.79 Å². The normalized spacial score (nSPS) is 20.9. The number of ether oxygens (including phenoxy) is 1. The van der Waals surface area contributed by atoms with E-state index in [0.29, 0.717) is 0 Å². The maximum Gasteiger partial charge on any atom is 0.320 e. The molecule has 0 radical (unpaired) electrons. The van der Waals surface area contributed by atoms with Crippen molar-refractivity contribution in [3.8, 4) is 0 Å². The highest BCUT2D eigenvalue weighted by atomic mass is 16.5. The van der Waals surface area contributed by atoms with Gasteiger partial charge in [-0.1, -0.05) is 30.3 Å². The molecule has 20 heavy (non-hydrogen) atoms. The fourth-order valence-corrected chi connectivity index (χ4v) is 2.57. The zero-order valence-corrected chi connectivity index (χ0v) is 12.0. The fourth-order valence-electron chi connectivity index (χ4n) is 2.57. The lowest BCUT2D eigenvalue weighted by molar-refractivity contribution is -0.142. The van der Waals surface area contributed by atoms with Gasteiger partial charge in [0.1, 0.15) is 6.04 Å². The van der Waals surface area contributed by atoms with E-state index < -0.39 is 12.0 Å². The molecular formula is C16H23NO3. The van der Waals surface area contributed by atoms with Crippen LogP contribution >= 0.6 is 0 Å². The number of hydrogen-bond acceptors (Lipinski definition) is 3. The van der Waals surface area contributed by atoms with E-state index in [4.69, 9.17) is 9.84 Å². The number of carboxylic acid groups (broad SMARTS) is 1. The molecule has 0 amide bonds. The molecule has 1 aliphatic heterocycles. The Labute approximate surface area is 120 Å². The van der Waals surface area contributed by atoms with Crippen LogP contribution in [0.1, 0.15) is 25.3 Å². The van der Waals surface area contributed by atoms with Crippen LogP contribution in [0.4, 0.5) is 0 Å². The van der Waals surface area contributed by atoms with Gasteiger partial charge in [0.05, 0.1) is 6.10 Å². The van der Waals surface area contributed by atoms with E-state index in [1.807, 2.05) is 11.0 Å². The number of benzene rings is 1. The first-order chi connectivity index (χ1) is 9.66. The van der Waals surface area contributed by atoms with E-state index >= 15 is 0 Å². The highest BCUT2D eigenvalue weighted by Crippen LogP contribution is 2.16. The second-order valence-electron chi connectivity index (χ2n) is 5.38. The molecule has 0 spiro atoms. The maximum atomic E-state index is 10.9. The largest absolute Gasteiger partial charge is 0.480 e. The number of likely N-dealkylation sites (tertiary alicyclic amines) is 1. The zero-order chi connectivity index (χ0) is 14.4. The van der Waals surface area contributed by atoms with E-state index in [0.717, 1.165) is 39.0 Å². The third-order valence-corrected chi connectivity index (χ3v) is 3.89. The minimum absolute atomic E-state index is 0.188. The lowest BCUT2D eigenvalue weighted by Gasteiger charge is -2.20. The molecule has 1 aromatic rings. The van der Waals surface area contributed by atoms with Crippen molar-refractivity contribution >= 4 is 5.97 Å². The number of aliphatic carboxylic acids is 1. The minimum atomic E-state index is -0.755. The first kappa shape index (κ1) is 15.0. The molecule has 110 valence electrons. The van der Waals surface area contributed by atoms with Gasteiger partial charge in [0.15, 0.2) is 0 Å². The Balaban J connectivity index is 1.63. The molecule has 2 atom stereocenters. The quantitative estimate of drug-likeness (QED) is 0.776. The van der Waals surface area contributed by atoms with E-state index in [1.165, 1.54) is 5.56 Å². The summed E-state index contributed by atoms with van der Waals surface area (Å²) in [6.45, 7) is 4.03. The minimum Gasteiger partial charge on any atom is -0.480 e. The summed E-state index contributed by atoms with van der Waals surface area (Å²) in [5, 5.41) is 8.99. The van der Waals surface area contributed by atoms with Gasteiger partial charge >= 0.3 is 5.97 Å². The number of nitrogens with zero attached hydrogens (tertiary/aromatic N) is 1. The number of rotatable bonds is 7. The van der Waals surface area contributed by atoms with Gasteiger partial charge in [0.25, 0.3) is 0 Å². The standard InChI is InChI=1S/C16H23NO3/c1-13(16(18)19)17-10-9-15(12-17)20-11-5-8-14-6-3-2-4-7-14/h2-4,6-7,13,15H,5,8-12H2,1H3,(H,18,19)/t13-,15-/m0/s1. The molecule has 4 nitrogen and oxygen atoms in total. The summed E-state index contributed by atoms with van der Waals surface area (Å²) < 4.78 is 5.85. The molecule has 1 aromatic carbocycles. The predicted octanol–water partition coefficient (Wildman–Crippen LogP) is 2.18. The van der Waals surface area contributed by atoms with Crippen LogP contribution in [0, 0.1) is 0 Å². The predicted molar refractivity (Wildman–Crippen MR) is 77.8 cm³/mol. The number of carboxylic acids is 1. The Morgan fingerprint density at radius 3 is 2.90 bits per heavy atom. The van der Waals surface area contributed by atoms with Gasteiger partial charge in [-0.3, -0.25) is 9.69 Å². The summed E-state index contributed by atoms with van der Waals surface area (Å²) in [4.78, 5) is 12.9. The third kappa shape index (κ3) is 4.32. The highest BCUT2D eigenvalue weighted by molar-refractivity contribution is 5.72. The van der Waals surface area contributed by atoms with Gasteiger partial charge in [0.2, 0.25) is 0 Å². The van der Waals surface area contributed by atoms with E-state index in [2.05, 4.69) is 24.3 Å². The van der Waals surface area contributed by atoms with Crippen LogP contribution in [0.5, 0.6) is 0 Å². The van der Waals surface area contributed by atoms with Crippen molar-refractivity contribution in [3.63, 3.8) is 0 Å². The Morgan fingerprint density at radius 1 is 1.45 bits per heavy atom. The lowest BCUT2D eigenvalue weighted by Crippen LogP contribution is -2.37. The molecule has 1 saturated heterocycles. The summed E-state index contributed by atoms with van der Waals surface area (Å²) in [5.41, 5.74) is 1.34. The fraction of sp³-hybridized carbons (Fsp3) is 0.562. The molecular weight excluding hydrogens is 254 g/mol. The van der Waals surface area contributed by atoms with Crippen molar-refractivity contribution in [1.29, 1.82) is 0 Å². The average molecular weight is 277 g/mol. The zero-order valence-electron chi connectivity index (χ0n) is 12.0. The topological polar surface area (TPSA) is 49.8 Å². The second-order valence-corrected chi connectivity index (χ2v) is 5.38. The number of carbonyl (C=O) groups is 1. The maximum absolute atomic E-state index is 10.9. The van der Waals surface area contributed by atoms with Crippen molar-refractivity contribution in [2.24, 2.45) is 0 Å². The molecule has 0 aliphatic carbocycles. The van der Waals surface area contributed by atoms with Crippen LogP contribution in [0.15, 0.2) is 30.3 Å². The van der Waals surface area contributed by atoms with Crippen molar-refractivity contribution in [2.45, 2.75) is 38.3 Å². The molecule has 1 aliphatic rings. The molecule has 1 N–H and O–H groups in total. The van der Waals surface area contributed by atoms with Gasteiger partial charge in [-0.15, -0.1) is 0 Å². The van der Waals surface area contributed by atoms with Crippen LogP contribution in [0.2, 0.25) is 0 Å². The number of aryl methyl sites for hydroxylation is 1. The smallest absolute Gasteiger partial charge is 0.320 e. The molecule has 1 fully saturated rings. The molecule has 4 heteroatoms. The van der Waals surface area contributed by atoms with Crippen molar-refractivity contribution < 1.29 is 14.6 Å². The first-order valence-electron chi connectivity index (χ1n) is 7.29. The SMILES string of the molecule is C[C@@H](C(=O)O)N1CC[C@H](OCCCc2ccccc2)C1. The Bertz CT molecular complexity index is 421. The molecule has 0 saturated carbocycles. The van der Waals surface area contributed by atoms with Gasteiger partial charge in [-0.25, -0.2) is 0 Å². The van der Waals surface area contributed by atoms with Crippen molar-refractivity contribution in [1.82, 2.24) is 4.90 Å². The molecule has 0 aromatic heterocycles. The Hall–Kier alpha value is -1.39. The van der Waals surface area contributed by atoms with Crippen LogP contribution < -0.4 is 0 Å². The van der Waals surface area contributed by atoms with Gasteiger partial charge < -0.3 is 9.84 Å². The van der Waals surface area contributed by atoms with E-state index in [-0.39, 0.29) is 6.10 Å². The summed E-state index contributed by atoms with van der Waals surface area (Å²) in [7, 11) is 0. The highest BCUT2D eigenvalue weighted by Gasteiger charge is 2.29. The Morgan fingerprint density at radius 2 is 2.20 bits per heavy atom. The summed E-state index contributed by atoms with van der Waals surface area (Å²) in [6.07, 6.45) is 3.16. The van der Waals surface area contributed by atoms with Crippen molar-refractivity contribution in [2.75, 3.05) is 19.7 Å². The Kier molecular flexibility index (Phi) is 5.56. The van der Waals surface area contributed by atoms with Crippen molar-refractivity contribution in [3.05, 3.63) is 35.9 Å². The average Bonchev–Trinajstić information content (AvgIpc) is 2.92. The van der Waals surface area contributed by atoms with Crippen LogP contribution in [-0.2, 0) is 16.0 Å². The summed E-state index contributed by atoms with van der Waals surface area (Å²) >= 11 is 0.